The average molecular weight is 215 g/mol. The molecule has 14 heavy (non-hydrogen) atoms. The van der Waals surface area contributed by atoms with E-state index in [9.17, 15) is 9.59 Å². The molecule has 2 fully saturated rings. The minimum atomic E-state index is -0.783. The number of rotatable bonds is 2. The van der Waals surface area contributed by atoms with Gasteiger partial charge in [-0.15, -0.1) is 0 Å². The van der Waals surface area contributed by atoms with Crippen LogP contribution in [-0.2, 0) is 9.59 Å². The average Bonchev–Trinajstić information content (AvgIpc) is 2.51. The van der Waals surface area contributed by atoms with Crippen molar-refractivity contribution in [3.05, 3.63) is 0 Å². The number of hydrogen-bond donors (Lipinski definition) is 1. The normalized spacial score (nSPS) is 27.4. The zero-order valence-corrected chi connectivity index (χ0v) is 8.63. The number of nitrogens with zero attached hydrogens (tertiary/aromatic N) is 1. The number of carbonyl (C=O) groups is 2. The van der Waals surface area contributed by atoms with E-state index >= 15 is 0 Å². The number of hydrogen-bond acceptors (Lipinski definition) is 3. The monoisotopic (exact) mass is 215 g/mol. The molecule has 0 aromatic heterocycles. The van der Waals surface area contributed by atoms with Gasteiger partial charge in [0.15, 0.2) is 0 Å². The highest BCUT2D eigenvalue weighted by Gasteiger charge is 2.38. The topological polar surface area (TPSA) is 57.6 Å². The molecule has 2 heterocycles. The lowest BCUT2D eigenvalue weighted by Gasteiger charge is -2.38. The van der Waals surface area contributed by atoms with E-state index in [4.69, 9.17) is 5.11 Å². The highest BCUT2D eigenvalue weighted by Crippen LogP contribution is 2.28. The smallest absolute Gasteiger partial charge is 0.310 e. The van der Waals surface area contributed by atoms with Crippen LogP contribution in [0.4, 0.5) is 0 Å². The van der Waals surface area contributed by atoms with Crippen molar-refractivity contribution < 1.29 is 14.7 Å². The first-order valence-corrected chi connectivity index (χ1v) is 5.93. The SMILES string of the molecule is O=C(O)C1CN(C(=O)C2CCSC2)C1. The minimum Gasteiger partial charge on any atom is -0.481 e. The van der Waals surface area contributed by atoms with Crippen molar-refractivity contribution in [1.82, 2.24) is 4.90 Å². The first-order chi connectivity index (χ1) is 6.68. The van der Waals surface area contributed by atoms with Crippen LogP contribution in [0.2, 0.25) is 0 Å². The number of amides is 1. The van der Waals surface area contributed by atoms with Crippen LogP contribution in [0, 0.1) is 11.8 Å². The predicted octanol–water partition coefficient (Wildman–Crippen LogP) is 0.283. The van der Waals surface area contributed by atoms with E-state index in [1.165, 1.54) is 0 Å². The number of carbonyl (C=O) groups excluding carboxylic acids is 1. The van der Waals surface area contributed by atoms with Gasteiger partial charge in [0.05, 0.1) is 5.92 Å². The zero-order valence-electron chi connectivity index (χ0n) is 7.81. The lowest BCUT2D eigenvalue weighted by molar-refractivity contribution is -0.154. The molecule has 0 aromatic rings. The molecule has 2 rings (SSSR count). The van der Waals surface area contributed by atoms with Crippen LogP contribution in [0.3, 0.4) is 0 Å². The van der Waals surface area contributed by atoms with Crippen LogP contribution in [0.25, 0.3) is 0 Å². The van der Waals surface area contributed by atoms with Gasteiger partial charge < -0.3 is 10.0 Å². The maximum absolute atomic E-state index is 11.7. The van der Waals surface area contributed by atoms with Gasteiger partial charge in [-0.25, -0.2) is 0 Å². The largest absolute Gasteiger partial charge is 0.481 e. The van der Waals surface area contributed by atoms with Crippen molar-refractivity contribution in [2.24, 2.45) is 11.8 Å². The third-order valence-electron chi connectivity index (χ3n) is 2.82. The molecule has 0 radical (unpaired) electrons. The summed E-state index contributed by atoms with van der Waals surface area (Å²) in [6, 6.07) is 0. The lowest BCUT2D eigenvalue weighted by atomic mass is 9.97. The van der Waals surface area contributed by atoms with Gasteiger partial charge in [-0.3, -0.25) is 9.59 Å². The van der Waals surface area contributed by atoms with Gasteiger partial charge in [0.2, 0.25) is 5.91 Å². The molecule has 78 valence electrons. The summed E-state index contributed by atoms with van der Waals surface area (Å²) in [7, 11) is 0. The van der Waals surface area contributed by atoms with Crippen LogP contribution < -0.4 is 0 Å². The molecule has 2 saturated heterocycles. The first kappa shape index (κ1) is 9.83. The molecular formula is C9H13NO3S. The Morgan fingerprint density at radius 1 is 1.29 bits per heavy atom. The molecule has 2 aliphatic rings. The summed E-state index contributed by atoms with van der Waals surface area (Å²) in [5.41, 5.74) is 0. The highest BCUT2D eigenvalue weighted by molar-refractivity contribution is 7.99. The Morgan fingerprint density at radius 2 is 2.00 bits per heavy atom. The Bertz CT molecular complexity index is 257. The number of thioether (sulfide) groups is 1. The maximum Gasteiger partial charge on any atom is 0.310 e. The van der Waals surface area contributed by atoms with Crippen molar-refractivity contribution in [3.8, 4) is 0 Å². The van der Waals surface area contributed by atoms with Crippen molar-refractivity contribution in [1.29, 1.82) is 0 Å². The van der Waals surface area contributed by atoms with Crippen LogP contribution in [-0.4, -0.2) is 46.5 Å². The van der Waals surface area contributed by atoms with Gasteiger partial charge >= 0.3 is 5.97 Å². The van der Waals surface area contributed by atoms with E-state index in [0.29, 0.717) is 13.1 Å². The molecule has 2 aliphatic heterocycles. The molecule has 1 atom stereocenters. The summed E-state index contributed by atoms with van der Waals surface area (Å²) in [6.07, 6.45) is 0.956. The first-order valence-electron chi connectivity index (χ1n) is 4.78. The standard InChI is InChI=1S/C9H13NO3S/c11-8(6-1-2-14-5-6)10-3-7(4-10)9(12)13/h6-7H,1-5H2,(H,12,13). The number of carboxylic acids is 1. The van der Waals surface area contributed by atoms with Crippen LogP contribution >= 0.6 is 11.8 Å². The fraction of sp³-hybridized carbons (Fsp3) is 0.778. The Morgan fingerprint density at radius 3 is 2.50 bits per heavy atom. The third-order valence-corrected chi connectivity index (χ3v) is 3.98. The molecule has 0 aromatic carbocycles. The maximum atomic E-state index is 11.7. The van der Waals surface area contributed by atoms with Crippen LogP contribution in [0.1, 0.15) is 6.42 Å². The second-order valence-corrected chi connectivity index (χ2v) is 4.99. The Kier molecular flexibility index (Phi) is 2.67. The molecule has 0 spiro atoms. The third kappa shape index (κ3) is 1.73. The van der Waals surface area contributed by atoms with Crippen molar-refractivity contribution >= 4 is 23.6 Å². The minimum absolute atomic E-state index is 0.148. The van der Waals surface area contributed by atoms with E-state index in [-0.39, 0.29) is 17.7 Å². The molecule has 0 aliphatic carbocycles. The van der Waals surface area contributed by atoms with Gasteiger partial charge in [0, 0.05) is 24.8 Å². The lowest BCUT2D eigenvalue weighted by Crippen LogP contribution is -2.54. The fourth-order valence-electron chi connectivity index (χ4n) is 1.80. The summed E-state index contributed by atoms with van der Waals surface area (Å²) < 4.78 is 0. The number of carboxylic acid groups (broad SMARTS) is 1. The summed E-state index contributed by atoms with van der Waals surface area (Å²) in [6.45, 7) is 0.824. The molecule has 1 unspecified atom stereocenters. The van der Waals surface area contributed by atoms with Gasteiger partial charge in [-0.1, -0.05) is 0 Å². The highest BCUT2D eigenvalue weighted by atomic mass is 32.2. The summed E-state index contributed by atoms with van der Waals surface area (Å²) in [5, 5.41) is 8.66. The van der Waals surface area contributed by atoms with E-state index in [0.717, 1.165) is 17.9 Å². The molecule has 4 nitrogen and oxygen atoms in total. The van der Waals surface area contributed by atoms with Crippen molar-refractivity contribution in [3.63, 3.8) is 0 Å². The van der Waals surface area contributed by atoms with Crippen LogP contribution in [0.15, 0.2) is 0 Å². The Hall–Kier alpha value is -0.710. The Labute approximate surface area is 86.6 Å². The molecule has 5 heteroatoms. The number of aliphatic carboxylic acids is 1. The molecule has 0 saturated carbocycles. The predicted molar refractivity (Wildman–Crippen MR) is 53.1 cm³/mol. The van der Waals surface area contributed by atoms with Gasteiger partial charge in [0.25, 0.3) is 0 Å². The molecule has 1 N–H and O–H groups in total. The molecule has 0 bridgehead atoms. The quantitative estimate of drug-likeness (QED) is 0.719. The molecular weight excluding hydrogens is 202 g/mol. The van der Waals surface area contributed by atoms with Crippen LogP contribution in [0.5, 0.6) is 0 Å². The molecule has 1 amide bonds. The van der Waals surface area contributed by atoms with Gasteiger partial charge in [0.1, 0.15) is 0 Å². The zero-order chi connectivity index (χ0) is 10.1. The number of likely N-dealkylation sites (tertiary alicyclic amines) is 1. The second-order valence-electron chi connectivity index (χ2n) is 3.84. The summed E-state index contributed by atoms with van der Waals surface area (Å²) in [5.74, 6) is 1.17. The Balaban J connectivity index is 1.81. The van der Waals surface area contributed by atoms with Gasteiger partial charge in [-0.2, -0.15) is 11.8 Å². The van der Waals surface area contributed by atoms with E-state index in [1.54, 1.807) is 16.7 Å². The van der Waals surface area contributed by atoms with E-state index in [1.807, 2.05) is 0 Å². The second kappa shape index (κ2) is 3.81. The van der Waals surface area contributed by atoms with Gasteiger partial charge in [-0.05, 0) is 12.2 Å². The summed E-state index contributed by atoms with van der Waals surface area (Å²) >= 11 is 1.81. The fourth-order valence-corrected chi connectivity index (χ4v) is 3.01. The van der Waals surface area contributed by atoms with Crippen molar-refractivity contribution in [2.75, 3.05) is 24.6 Å². The van der Waals surface area contributed by atoms with E-state index < -0.39 is 5.97 Å². The summed E-state index contributed by atoms with van der Waals surface area (Å²) in [4.78, 5) is 23.9. The van der Waals surface area contributed by atoms with E-state index in [2.05, 4.69) is 0 Å². The van der Waals surface area contributed by atoms with Crippen molar-refractivity contribution in [2.45, 2.75) is 6.42 Å².